The van der Waals surface area contributed by atoms with Crippen molar-refractivity contribution in [1.82, 2.24) is 5.32 Å². The predicted molar refractivity (Wildman–Crippen MR) is 86.3 cm³/mol. The monoisotopic (exact) mass is 305 g/mol. The molecule has 2 aromatic carbocycles. The van der Waals surface area contributed by atoms with Crippen LogP contribution in [0.3, 0.4) is 0 Å². The zero-order valence-corrected chi connectivity index (χ0v) is 13.3. The van der Waals surface area contributed by atoms with E-state index in [2.05, 4.69) is 17.4 Å². The molecule has 2 aromatic rings. The van der Waals surface area contributed by atoms with E-state index < -0.39 is 0 Å². The van der Waals surface area contributed by atoms with Crippen molar-refractivity contribution in [3.05, 3.63) is 58.1 Å². The lowest BCUT2D eigenvalue weighted by Crippen LogP contribution is -2.13. The number of halogens is 1. The molecule has 0 bridgehead atoms. The molecule has 0 saturated carbocycles. The Balaban J connectivity index is 1.97. The Hall–Kier alpha value is -1.71. The fraction of sp³-hybridized carbons (Fsp3) is 0.294. The zero-order chi connectivity index (χ0) is 15.2. The van der Waals surface area contributed by atoms with Crippen LogP contribution in [0.15, 0.2) is 36.4 Å². The Morgan fingerprint density at radius 2 is 1.71 bits per heavy atom. The molecule has 0 aliphatic carbocycles. The molecule has 1 N–H and O–H groups in total. The van der Waals surface area contributed by atoms with Gasteiger partial charge in [0.2, 0.25) is 0 Å². The quantitative estimate of drug-likeness (QED) is 0.876. The summed E-state index contributed by atoms with van der Waals surface area (Å²) in [6.45, 7) is 3.50. The van der Waals surface area contributed by atoms with Crippen LogP contribution in [0.1, 0.15) is 16.7 Å². The van der Waals surface area contributed by atoms with Gasteiger partial charge in [-0.1, -0.05) is 29.8 Å². The Morgan fingerprint density at radius 3 is 2.38 bits per heavy atom. The molecule has 0 spiro atoms. The fourth-order valence-electron chi connectivity index (χ4n) is 2.13. The van der Waals surface area contributed by atoms with Crippen molar-refractivity contribution >= 4 is 11.6 Å². The lowest BCUT2D eigenvalue weighted by Gasteiger charge is -2.11. The molecule has 3 nitrogen and oxygen atoms in total. The zero-order valence-electron chi connectivity index (χ0n) is 12.6. The summed E-state index contributed by atoms with van der Waals surface area (Å²) in [4.78, 5) is 0. The summed E-state index contributed by atoms with van der Waals surface area (Å²) < 4.78 is 10.5. The summed E-state index contributed by atoms with van der Waals surface area (Å²) in [5.74, 6) is 1.48. The SMILES string of the molecule is COc1ccc(CNCc2ccc(C)cc2Cl)cc1OC. The average molecular weight is 306 g/mol. The first kappa shape index (κ1) is 15.7. The second-order valence-electron chi connectivity index (χ2n) is 4.89. The molecule has 0 radical (unpaired) electrons. The van der Waals surface area contributed by atoms with Gasteiger partial charge in [-0.05, 0) is 41.8 Å². The van der Waals surface area contributed by atoms with Gasteiger partial charge in [0.15, 0.2) is 11.5 Å². The number of rotatable bonds is 6. The standard InChI is InChI=1S/C17H20ClNO2/c1-12-4-6-14(15(18)8-12)11-19-10-13-5-7-16(20-2)17(9-13)21-3/h4-9,19H,10-11H2,1-3H3. The Bertz CT molecular complexity index is 614. The summed E-state index contributed by atoms with van der Waals surface area (Å²) in [6.07, 6.45) is 0. The van der Waals surface area contributed by atoms with Gasteiger partial charge in [0.1, 0.15) is 0 Å². The van der Waals surface area contributed by atoms with E-state index in [-0.39, 0.29) is 0 Å². The number of hydrogen-bond acceptors (Lipinski definition) is 3. The van der Waals surface area contributed by atoms with E-state index in [0.717, 1.165) is 40.7 Å². The van der Waals surface area contributed by atoms with Crippen molar-refractivity contribution in [2.24, 2.45) is 0 Å². The second kappa shape index (κ2) is 7.34. The average Bonchev–Trinajstić information content (AvgIpc) is 2.49. The molecule has 0 amide bonds. The molecular weight excluding hydrogens is 286 g/mol. The van der Waals surface area contributed by atoms with Crippen molar-refractivity contribution in [2.45, 2.75) is 20.0 Å². The topological polar surface area (TPSA) is 30.5 Å². The second-order valence-corrected chi connectivity index (χ2v) is 5.29. The van der Waals surface area contributed by atoms with E-state index >= 15 is 0 Å². The van der Waals surface area contributed by atoms with Crippen molar-refractivity contribution in [3.8, 4) is 11.5 Å². The largest absolute Gasteiger partial charge is 0.493 e. The Morgan fingerprint density at radius 1 is 0.952 bits per heavy atom. The van der Waals surface area contributed by atoms with Gasteiger partial charge in [-0.2, -0.15) is 0 Å². The van der Waals surface area contributed by atoms with Gasteiger partial charge in [-0.15, -0.1) is 0 Å². The molecule has 4 heteroatoms. The van der Waals surface area contributed by atoms with Crippen LogP contribution in [0.25, 0.3) is 0 Å². The molecule has 112 valence electrons. The minimum atomic E-state index is 0.730. The molecule has 0 fully saturated rings. The number of hydrogen-bond donors (Lipinski definition) is 1. The first-order valence-electron chi connectivity index (χ1n) is 6.80. The summed E-state index contributed by atoms with van der Waals surface area (Å²) >= 11 is 6.22. The summed E-state index contributed by atoms with van der Waals surface area (Å²) in [5.41, 5.74) is 3.40. The van der Waals surface area contributed by atoms with Gasteiger partial charge in [0, 0.05) is 18.1 Å². The molecule has 0 aliphatic heterocycles. The van der Waals surface area contributed by atoms with E-state index in [0.29, 0.717) is 0 Å². The van der Waals surface area contributed by atoms with Crippen LogP contribution >= 0.6 is 11.6 Å². The van der Waals surface area contributed by atoms with E-state index in [1.807, 2.05) is 31.2 Å². The lowest BCUT2D eigenvalue weighted by molar-refractivity contribution is 0.354. The summed E-state index contributed by atoms with van der Waals surface area (Å²) in [5, 5.41) is 4.19. The number of aryl methyl sites for hydroxylation is 1. The highest BCUT2D eigenvalue weighted by Crippen LogP contribution is 2.27. The predicted octanol–water partition coefficient (Wildman–Crippen LogP) is 3.96. The van der Waals surface area contributed by atoms with E-state index in [4.69, 9.17) is 21.1 Å². The third kappa shape index (κ3) is 4.13. The maximum atomic E-state index is 6.22. The molecule has 0 atom stereocenters. The molecule has 0 heterocycles. The summed E-state index contributed by atoms with van der Waals surface area (Å²) in [7, 11) is 3.27. The maximum Gasteiger partial charge on any atom is 0.161 e. The number of benzene rings is 2. The number of methoxy groups -OCH3 is 2. The molecule has 21 heavy (non-hydrogen) atoms. The molecule has 0 aromatic heterocycles. The molecule has 0 unspecified atom stereocenters. The highest BCUT2D eigenvalue weighted by Gasteiger charge is 2.05. The van der Waals surface area contributed by atoms with Crippen LogP contribution < -0.4 is 14.8 Å². The van der Waals surface area contributed by atoms with Crippen molar-refractivity contribution < 1.29 is 9.47 Å². The van der Waals surface area contributed by atoms with Crippen LogP contribution in [0, 0.1) is 6.92 Å². The minimum absolute atomic E-state index is 0.730. The normalized spacial score (nSPS) is 10.5. The van der Waals surface area contributed by atoms with Gasteiger partial charge >= 0.3 is 0 Å². The van der Waals surface area contributed by atoms with Crippen molar-refractivity contribution in [1.29, 1.82) is 0 Å². The number of nitrogens with one attached hydrogen (secondary N) is 1. The molecule has 2 rings (SSSR count). The molecule has 0 aliphatic rings. The third-order valence-electron chi connectivity index (χ3n) is 3.30. The molecule has 0 saturated heterocycles. The van der Waals surface area contributed by atoms with Crippen LogP contribution in [-0.4, -0.2) is 14.2 Å². The van der Waals surface area contributed by atoms with Crippen LogP contribution in [0.4, 0.5) is 0 Å². The Labute approximate surface area is 130 Å². The van der Waals surface area contributed by atoms with Gasteiger partial charge in [-0.3, -0.25) is 0 Å². The van der Waals surface area contributed by atoms with E-state index in [1.165, 1.54) is 5.56 Å². The highest BCUT2D eigenvalue weighted by molar-refractivity contribution is 6.31. The van der Waals surface area contributed by atoms with Gasteiger partial charge < -0.3 is 14.8 Å². The van der Waals surface area contributed by atoms with Gasteiger partial charge in [0.25, 0.3) is 0 Å². The van der Waals surface area contributed by atoms with Gasteiger partial charge in [0.05, 0.1) is 14.2 Å². The Kier molecular flexibility index (Phi) is 5.48. The lowest BCUT2D eigenvalue weighted by atomic mass is 10.1. The fourth-order valence-corrected chi connectivity index (χ4v) is 2.43. The van der Waals surface area contributed by atoms with E-state index in [1.54, 1.807) is 14.2 Å². The number of ether oxygens (including phenoxy) is 2. The van der Waals surface area contributed by atoms with Crippen LogP contribution in [-0.2, 0) is 13.1 Å². The maximum absolute atomic E-state index is 6.22. The smallest absolute Gasteiger partial charge is 0.161 e. The van der Waals surface area contributed by atoms with Crippen molar-refractivity contribution in [2.75, 3.05) is 14.2 Å². The first-order valence-corrected chi connectivity index (χ1v) is 7.18. The first-order chi connectivity index (χ1) is 10.1. The van der Waals surface area contributed by atoms with Crippen LogP contribution in [0.5, 0.6) is 11.5 Å². The van der Waals surface area contributed by atoms with E-state index in [9.17, 15) is 0 Å². The highest BCUT2D eigenvalue weighted by atomic mass is 35.5. The third-order valence-corrected chi connectivity index (χ3v) is 3.65. The summed E-state index contributed by atoms with van der Waals surface area (Å²) in [6, 6.07) is 12.0. The molecular formula is C17H20ClNO2. The minimum Gasteiger partial charge on any atom is -0.493 e. The van der Waals surface area contributed by atoms with Gasteiger partial charge in [-0.25, -0.2) is 0 Å². The van der Waals surface area contributed by atoms with Crippen molar-refractivity contribution in [3.63, 3.8) is 0 Å². The van der Waals surface area contributed by atoms with Crippen LogP contribution in [0.2, 0.25) is 5.02 Å².